The molecule has 0 radical (unpaired) electrons. The number of nitrogens with zero attached hydrogens (tertiary/aromatic N) is 6. The van der Waals surface area contributed by atoms with E-state index in [1.165, 1.54) is 10.6 Å². The Morgan fingerprint density at radius 3 is 2.45 bits per heavy atom. The van der Waals surface area contributed by atoms with Crippen molar-refractivity contribution in [1.29, 1.82) is 10.5 Å². The van der Waals surface area contributed by atoms with E-state index >= 15 is 0 Å². The molecule has 2 aromatic heterocycles. The molecule has 0 aliphatic rings. The molecule has 5 N–H and O–H groups in total. The lowest BCUT2D eigenvalue weighted by Gasteiger charge is -2.21. The summed E-state index contributed by atoms with van der Waals surface area (Å²) in [5.74, 6) is -0.861. The topological polar surface area (TPSA) is 172 Å². The Labute approximate surface area is 186 Å². The van der Waals surface area contributed by atoms with Gasteiger partial charge in [0.2, 0.25) is 5.95 Å². The number of rotatable bonds is 4. The highest BCUT2D eigenvalue weighted by atomic mass is 19.1. The smallest absolute Gasteiger partial charge is 0.267 e. The number of nitrogen functional groups attached to an aromatic ring is 2. The fourth-order valence-electron chi connectivity index (χ4n) is 3.46. The molecule has 0 saturated carbocycles. The summed E-state index contributed by atoms with van der Waals surface area (Å²) in [5.41, 5.74) is 11.0. The molecule has 11 heteroatoms. The Bertz CT molecular complexity index is 1530. The number of benzene rings is 2. The number of fused-ring (bicyclic) bond motifs is 1. The van der Waals surface area contributed by atoms with Crippen molar-refractivity contribution in [2.75, 3.05) is 16.8 Å². The van der Waals surface area contributed by atoms with Crippen molar-refractivity contribution in [3.8, 4) is 17.8 Å². The number of hydrogen-bond acceptors (Lipinski definition) is 9. The molecule has 10 nitrogen and oxygen atoms in total. The van der Waals surface area contributed by atoms with Gasteiger partial charge >= 0.3 is 0 Å². The molecule has 0 unspecified atom stereocenters. The van der Waals surface area contributed by atoms with Crippen molar-refractivity contribution < 1.29 is 4.39 Å². The lowest BCUT2D eigenvalue weighted by molar-refractivity contribution is 0.632. The van der Waals surface area contributed by atoms with Crippen LogP contribution in [-0.2, 0) is 0 Å². The Morgan fingerprint density at radius 2 is 1.79 bits per heavy atom. The first-order chi connectivity index (χ1) is 15.8. The molecule has 162 valence electrons. The van der Waals surface area contributed by atoms with E-state index in [4.69, 9.17) is 11.5 Å². The van der Waals surface area contributed by atoms with Crippen LogP contribution < -0.4 is 22.3 Å². The fraction of sp³-hybridized carbons (Fsp3) is 0.0909. The van der Waals surface area contributed by atoms with E-state index in [-0.39, 0.29) is 45.4 Å². The van der Waals surface area contributed by atoms with Crippen LogP contribution in [0.3, 0.4) is 0 Å². The van der Waals surface area contributed by atoms with Crippen molar-refractivity contribution in [1.82, 2.24) is 19.5 Å². The molecular weight excluding hydrogens is 425 g/mol. The number of para-hydroxylation sites is 1. The third-order valence-electron chi connectivity index (χ3n) is 4.94. The van der Waals surface area contributed by atoms with Crippen molar-refractivity contribution >= 4 is 28.5 Å². The molecular formula is C22H16FN9O. The highest BCUT2D eigenvalue weighted by molar-refractivity contribution is 5.85. The average Bonchev–Trinajstić information content (AvgIpc) is 2.79. The molecule has 1 atom stereocenters. The SMILES string of the molecule is C[C@H](Nc1nc(N)nc(N)c1C#N)c1nc2c(F)ccc(C#N)c2c(=O)n1-c1ccccc1. The van der Waals surface area contributed by atoms with E-state index in [0.717, 1.165) is 6.07 Å². The van der Waals surface area contributed by atoms with Crippen molar-refractivity contribution in [2.24, 2.45) is 0 Å². The molecule has 0 saturated heterocycles. The second-order valence-corrected chi connectivity index (χ2v) is 7.04. The molecule has 0 amide bonds. The van der Waals surface area contributed by atoms with Gasteiger partial charge in [-0.1, -0.05) is 18.2 Å². The van der Waals surface area contributed by atoms with E-state index in [0.29, 0.717) is 5.69 Å². The van der Waals surface area contributed by atoms with Crippen LogP contribution in [0.5, 0.6) is 0 Å². The van der Waals surface area contributed by atoms with Gasteiger partial charge in [-0.3, -0.25) is 9.36 Å². The quantitative estimate of drug-likeness (QED) is 0.430. The van der Waals surface area contributed by atoms with Gasteiger partial charge in [0.15, 0.2) is 5.82 Å². The van der Waals surface area contributed by atoms with E-state index < -0.39 is 17.4 Å². The van der Waals surface area contributed by atoms with Crippen LogP contribution in [0.15, 0.2) is 47.3 Å². The van der Waals surface area contributed by atoms with Gasteiger partial charge in [-0.25, -0.2) is 9.37 Å². The number of nitriles is 2. The third-order valence-corrected chi connectivity index (χ3v) is 4.94. The Morgan fingerprint density at radius 1 is 1.06 bits per heavy atom. The first-order valence-corrected chi connectivity index (χ1v) is 9.66. The van der Waals surface area contributed by atoms with Gasteiger partial charge in [0, 0.05) is 0 Å². The summed E-state index contributed by atoms with van der Waals surface area (Å²) in [6, 6.07) is 14.0. The lowest BCUT2D eigenvalue weighted by atomic mass is 10.1. The maximum absolute atomic E-state index is 14.7. The first-order valence-electron chi connectivity index (χ1n) is 9.66. The van der Waals surface area contributed by atoms with Crippen LogP contribution in [0, 0.1) is 28.5 Å². The molecule has 0 fully saturated rings. The molecule has 2 aromatic carbocycles. The third kappa shape index (κ3) is 3.64. The van der Waals surface area contributed by atoms with Gasteiger partial charge in [-0.2, -0.15) is 20.5 Å². The normalized spacial score (nSPS) is 11.5. The Kier molecular flexibility index (Phi) is 5.30. The largest absolute Gasteiger partial charge is 0.382 e. The molecule has 0 bridgehead atoms. The summed E-state index contributed by atoms with van der Waals surface area (Å²) >= 11 is 0. The number of nitrogens with two attached hydrogens (primary N) is 2. The van der Waals surface area contributed by atoms with Gasteiger partial charge in [0.1, 0.15) is 40.7 Å². The van der Waals surface area contributed by atoms with Crippen molar-refractivity contribution in [3.05, 3.63) is 75.6 Å². The number of halogens is 1. The summed E-state index contributed by atoms with van der Waals surface area (Å²) < 4.78 is 16.0. The van der Waals surface area contributed by atoms with E-state index in [9.17, 15) is 19.7 Å². The van der Waals surface area contributed by atoms with Crippen molar-refractivity contribution in [2.45, 2.75) is 13.0 Å². The molecule has 0 spiro atoms. The van der Waals surface area contributed by atoms with Gasteiger partial charge in [0.25, 0.3) is 5.56 Å². The minimum absolute atomic E-state index is 0.00357. The predicted molar refractivity (Wildman–Crippen MR) is 120 cm³/mol. The highest BCUT2D eigenvalue weighted by Gasteiger charge is 2.23. The second kappa shape index (κ2) is 8.24. The average molecular weight is 441 g/mol. The zero-order valence-electron chi connectivity index (χ0n) is 17.2. The lowest BCUT2D eigenvalue weighted by Crippen LogP contribution is -2.28. The van der Waals surface area contributed by atoms with Gasteiger partial charge in [0.05, 0.1) is 22.7 Å². The van der Waals surface area contributed by atoms with Crippen LogP contribution in [-0.4, -0.2) is 19.5 Å². The minimum Gasteiger partial charge on any atom is -0.382 e. The monoisotopic (exact) mass is 441 g/mol. The Balaban J connectivity index is 2.00. The number of hydrogen-bond donors (Lipinski definition) is 3. The molecule has 4 aromatic rings. The molecule has 33 heavy (non-hydrogen) atoms. The highest BCUT2D eigenvalue weighted by Crippen LogP contribution is 2.26. The maximum Gasteiger partial charge on any atom is 0.267 e. The molecule has 0 aliphatic carbocycles. The number of aromatic nitrogens is 4. The molecule has 2 heterocycles. The standard InChI is InChI=1S/C22H16FN9O/c1-11(28-19-14(10-25)18(26)30-22(27)31-19)20-29-17-15(23)8-7-12(9-24)16(17)21(33)32(20)13-5-3-2-4-6-13/h2-8,11H,1H3,(H5,26,27,28,30,31)/t11-/m0/s1. The molecule has 4 rings (SSSR count). The van der Waals surface area contributed by atoms with E-state index in [2.05, 4.69) is 20.3 Å². The summed E-state index contributed by atoms with van der Waals surface area (Å²) in [5, 5.41) is 21.7. The first kappa shape index (κ1) is 21.2. The van der Waals surface area contributed by atoms with Gasteiger partial charge in [-0.15, -0.1) is 0 Å². The van der Waals surface area contributed by atoms with Crippen LogP contribution in [0.1, 0.15) is 29.9 Å². The van der Waals surface area contributed by atoms with Gasteiger partial charge in [-0.05, 0) is 31.2 Å². The van der Waals surface area contributed by atoms with E-state index in [1.807, 2.05) is 12.1 Å². The zero-order chi connectivity index (χ0) is 23.7. The Hall–Kier alpha value is -5.03. The summed E-state index contributed by atoms with van der Waals surface area (Å²) in [7, 11) is 0. The summed E-state index contributed by atoms with van der Waals surface area (Å²) in [6.45, 7) is 1.65. The van der Waals surface area contributed by atoms with Crippen LogP contribution in [0.25, 0.3) is 16.6 Å². The van der Waals surface area contributed by atoms with Gasteiger partial charge < -0.3 is 16.8 Å². The number of nitrogens with one attached hydrogen (secondary N) is 1. The maximum atomic E-state index is 14.7. The fourth-order valence-corrected chi connectivity index (χ4v) is 3.46. The number of anilines is 3. The van der Waals surface area contributed by atoms with Crippen LogP contribution in [0.2, 0.25) is 0 Å². The van der Waals surface area contributed by atoms with Crippen molar-refractivity contribution in [3.63, 3.8) is 0 Å². The zero-order valence-corrected chi connectivity index (χ0v) is 17.2. The second-order valence-electron chi connectivity index (χ2n) is 7.04. The van der Waals surface area contributed by atoms with E-state index in [1.54, 1.807) is 37.3 Å². The minimum atomic E-state index is -0.770. The molecule has 0 aliphatic heterocycles. The predicted octanol–water partition coefficient (Wildman–Crippen LogP) is 2.40. The summed E-state index contributed by atoms with van der Waals surface area (Å²) in [4.78, 5) is 25.7. The summed E-state index contributed by atoms with van der Waals surface area (Å²) in [6.07, 6.45) is 0. The van der Waals surface area contributed by atoms with Crippen LogP contribution in [0.4, 0.5) is 22.0 Å². The van der Waals surface area contributed by atoms with Crippen LogP contribution >= 0.6 is 0 Å².